The van der Waals surface area contributed by atoms with Gasteiger partial charge in [0.25, 0.3) is 0 Å². The molecule has 0 atom stereocenters. The molecule has 1 heterocycles. The number of Topliss-reactive ketones (excluding diaryl/α,β-unsaturated/α-hetero) is 1. The van der Waals surface area contributed by atoms with E-state index in [0.29, 0.717) is 34.1 Å². The minimum atomic E-state index is 0.0680. The van der Waals surface area contributed by atoms with Crippen LogP contribution in [0.5, 0.6) is 5.75 Å². The van der Waals surface area contributed by atoms with E-state index in [1.807, 2.05) is 33.8 Å². The highest BCUT2D eigenvalue weighted by Gasteiger charge is 2.32. The van der Waals surface area contributed by atoms with Gasteiger partial charge in [-0.1, -0.05) is 33.8 Å². The Morgan fingerprint density at radius 3 is 2.47 bits per heavy atom. The molecule has 0 unspecified atom stereocenters. The van der Waals surface area contributed by atoms with Gasteiger partial charge in [-0.25, -0.2) is 9.98 Å². The number of carbonyl (C=O) groups is 1. The van der Waals surface area contributed by atoms with E-state index in [4.69, 9.17) is 15.9 Å². The number of anilines is 3. The summed E-state index contributed by atoms with van der Waals surface area (Å²) in [6.45, 7) is 9.75. The molecule has 0 aliphatic heterocycles. The van der Waals surface area contributed by atoms with Crippen molar-refractivity contribution in [2.75, 3.05) is 18.2 Å². The van der Waals surface area contributed by atoms with Crippen LogP contribution in [0.1, 0.15) is 63.4 Å². The van der Waals surface area contributed by atoms with Crippen molar-refractivity contribution in [3.63, 3.8) is 0 Å². The van der Waals surface area contributed by atoms with Gasteiger partial charge >= 0.3 is 0 Å². The molecule has 2 aromatic rings. The molecule has 0 spiro atoms. The van der Waals surface area contributed by atoms with Crippen LogP contribution in [0.2, 0.25) is 0 Å². The van der Waals surface area contributed by atoms with E-state index in [1.165, 1.54) is 13.3 Å². The average molecular weight is 412 g/mol. The van der Waals surface area contributed by atoms with Crippen molar-refractivity contribution in [3.05, 3.63) is 41.6 Å². The second kappa shape index (κ2) is 12.4. The quantitative estimate of drug-likeness (QED) is 0.331. The van der Waals surface area contributed by atoms with E-state index in [9.17, 15) is 4.79 Å². The summed E-state index contributed by atoms with van der Waals surface area (Å²) in [5.74, 6) is 1.03. The molecule has 1 fully saturated rings. The molecule has 7 heteroatoms. The third-order valence-electron chi connectivity index (χ3n) is 4.14. The zero-order valence-electron chi connectivity index (χ0n) is 18.7. The highest BCUT2D eigenvalue weighted by atomic mass is 16.5. The smallest absolute Gasteiger partial charge is 0.169 e. The molecule has 0 saturated heterocycles. The van der Waals surface area contributed by atoms with Gasteiger partial charge in [-0.05, 0) is 31.9 Å². The third-order valence-corrected chi connectivity index (χ3v) is 4.14. The Kier molecular flexibility index (Phi) is 10.2. The normalized spacial score (nSPS) is 12.2. The van der Waals surface area contributed by atoms with Crippen LogP contribution in [0.3, 0.4) is 0 Å². The van der Waals surface area contributed by atoms with Gasteiger partial charge < -0.3 is 15.8 Å². The number of nitrogens with two attached hydrogens (primary N) is 1. The Balaban J connectivity index is 0.00000106. The van der Waals surface area contributed by atoms with Crippen LogP contribution >= 0.6 is 0 Å². The fourth-order valence-corrected chi connectivity index (χ4v) is 2.72. The highest BCUT2D eigenvalue weighted by molar-refractivity contribution is 6.06. The number of carbonyl (C=O) groups excluding carboxylic acids is 1. The SMILES string of the molecule is CC.CC.CC=NC(=N)c1cccc(Nc2cc(N)ncc2C(=O)C2CC2)c1OC. The summed E-state index contributed by atoms with van der Waals surface area (Å²) < 4.78 is 5.50. The summed E-state index contributed by atoms with van der Waals surface area (Å²) in [5, 5.41) is 11.3. The van der Waals surface area contributed by atoms with Gasteiger partial charge in [-0.2, -0.15) is 0 Å². The number of amidine groups is 1. The standard InChI is InChI=1S/C19H21N5O2.2C2H6/c1-3-22-19(21)12-5-4-6-14(18(12)26-2)24-15-9-16(20)23-10-13(15)17(25)11-7-8-11;2*1-2/h3-6,9-11,21H,7-8H2,1-2H3,(H3,20,23,24);2*1-2H3. The number of pyridine rings is 1. The van der Waals surface area contributed by atoms with Gasteiger partial charge in [-0.15, -0.1) is 0 Å². The highest BCUT2D eigenvalue weighted by Crippen LogP contribution is 2.37. The van der Waals surface area contributed by atoms with Crippen molar-refractivity contribution < 1.29 is 9.53 Å². The minimum absolute atomic E-state index is 0.0680. The van der Waals surface area contributed by atoms with Gasteiger partial charge in [0, 0.05) is 24.4 Å². The van der Waals surface area contributed by atoms with E-state index >= 15 is 0 Å². The van der Waals surface area contributed by atoms with Gasteiger partial charge in [0.1, 0.15) is 5.82 Å². The number of ketones is 1. The van der Waals surface area contributed by atoms with Crippen molar-refractivity contribution in [2.45, 2.75) is 47.5 Å². The lowest BCUT2D eigenvalue weighted by atomic mass is 10.1. The molecule has 0 amide bonds. The predicted octanol–water partition coefficient (Wildman–Crippen LogP) is 5.48. The summed E-state index contributed by atoms with van der Waals surface area (Å²) in [6, 6.07) is 7.01. The number of nitrogens with zero attached hydrogens (tertiary/aromatic N) is 2. The van der Waals surface area contributed by atoms with Gasteiger partial charge in [0.05, 0.1) is 29.6 Å². The molecule has 4 N–H and O–H groups in total. The number of nitrogen functional groups attached to an aromatic ring is 1. The van der Waals surface area contributed by atoms with E-state index in [1.54, 1.807) is 31.3 Å². The first-order chi connectivity index (χ1) is 14.5. The summed E-state index contributed by atoms with van der Waals surface area (Å²) in [6.07, 6.45) is 4.89. The Morgan fingerprint density at radius 2 is 1.90 bits per heavy atom. The Bertz CT molecular complexity index is 889. The molecule has 162 valence electrons. The van der Waals surface area contributed by atoms with Crippen molar-refractivity contribution in [2.24, 2.45) is 10.9 Å². The number of methoxy groups -OCH3 is 1. The summed E-state index contributed by atoms with van der Waals surface area (Å²) >= 11 is 0. The molecule has 1 aromatic heterocycles. The summed E-state index contributed by atoms with van der Waals surface area (Å²) in [4.78, 5) is 20.6. The fraction of sp³-hybridized carbons (Fsp3) is 0.391. The van der Waals surface area contributed by atoms with Gasteiger partial charge in [-0.3, -0.25) is 10.2 Å². The van der Waals surface area contributed by atoms with Crippen LogP contribution in [0, 0.1) is 11.3 Å². The van der Waals surface area contributed by atoms with Gasteiger partial charge in [0.15, 0.2) is 17.4 Å². The molecule has 3 rings (SSSR count). The van der Waals surface area contributed by atoms with Crippen molar-refractivity contribution >= 4 is 35.0 Å². The first-order valence-electron chi connectivity index (χ1n) is 10.4. The molecule has 1 saturated carbocycles. The largest absolute Gasteiger partial charge is 0.494 e. The molecule has 7 nitrogen and oxygen atoms in total. The summed E-state index contributed by atoms with van der Waals surface area (Å²) in [7, 11) is 1.53. The Morgan fingerprint density at radius 1 is 1.23 bits per heavy atom. The van der Waals surface area contributed by atoms with Crippen LogP contribution in [-0.4, -0.2) is 29.9 Å². The maximum Gasteiger partial charge on any atom is 0.169 e. The Hall–Kier alpha value is -3.22. The fourth-order valence-electron chi connectivity index (χ4n) is 2.72. The predicted molar refractivity (Wildman–Crippen MR) is 126 cm³/mol. The number of hydrogen-bond donors (Lipinski definition) is 3. The lowest BCUT2D eigenvalue weighted by Gasteiger charge is -2.16. The maximum atomic E-state index is 12.5. The number of aromatic nitrogens is 1. The monoisotopic (exact) mass is 411 g/mol. The second-order valence-corrected chi connectivity index (χ2v) is 6.04. The molecular formula is C23H33N5O2. The molecule has 1 aromatic carbocycles. The number of ether oxygens (including phenoxy) is 1. The number of para-hydroxylation sites is 1. The molecular weight excluding hydrogens is 378 g/mol. The van der Waals surface area contributed by atoms with E-state index in [0.717, 1.165) is 12.8 Å². The number of aliphatic imine (C=N–C) groups is 1. The van der Waals surface area contributed by atoms with Crippen LogP contribution < -0.4 is 15.8 Å². The van der Waals surface area contributed by atoms with Crippen LogP contribution in [-0.2, 0) is 0 Å². The topological polar surface area (TPSA) is 113 Å². The molecule has 1 aliphatic carbocycles. The third kappa shape index (κ3) is 6.14. The van der Waals surface area contributed by atoms with E-state index in [2.05, 4.69) is 15.3 Å². The van der Waals surface area contributed by atoms with E-state index < -0.39 is 0 Å². The molecule has 0 radical (unpaired) electrons. The van der Waals surface area contributed by atoms with Crippen LogP contribution in [0.15, 0.2) is 35.5 Å². The maximum absolute atomic E-state index is 12.5. The molecule has 0 bridgehead atoms. The van der Waals surface area contributed by atoms with Gasteiger partial charge in [0.2, 0.25) is 0 Å². The number of benzene rings is 1. The summed E-state index contributed by atoms with van der Waals surface area (Å²) in [5.41, 5.74) is 8.07. The number of nitrogens with one attached hydrogen (secondary N) is 2. The average Bonchev–Trinajstić information content (AvgIpc) is 3.62. The minimum Gasteiger partial charge on any atom is -0.494 e. The zero-order valence-corrected chi connectivity index (χ0v) is 18.7. The number of rotatable bonds is 6. The Labute approximate surface area is 179 Å². The van der Waals surface area contributed by atoms with Crippen molar-refractivity contribution in [3.8, 4) is 5.75 Å². The van der Waals surface area contributed by atoms with Crippen LogP contribution in [0.4, 0.5) is 17.2 Å². The number of hydrogen-bond acceptors (Lipinski definition) is 6. The van der Waals surface area contributed by atoms with Crippen LogP contribution in [0.25, 0.3) is 0 Å². The van der Waals surface area contributed by atoms with Crippen molar-refractivity contribution in [1.82, 2.24) is 4.98 Å². The molecule has 1 aliphatic rings. The lowest BCUT2D eigenvalue weighted by molar-refractivity contribution is 0.0968. The zero-order chi connectivity index (χ0) is 22.7. The lowest BCUT2D eigenvalue weighted by Crippen LogP contribution is -2.09. The first-order valence-corrected chi connectivity index (χ1v) is 10.4. The van der Waals surface area contributed by atoms with Crippen molar-refractivity contribution in [1.29, 1.82) is 5.41 Å². The molecule has 30 heavy (non-hydrogen) atoms. The van der Waals surface area contributed by atoms with E-state index in [-0.39, 0.29) is 17.5 Å². The second-order valence-electron chi connectivity index (χ2n) is 6.04. The first kappa shape index (κ1) is 24.8.